The van der Waals surface area contributed by atoms with Crippen LogP contribution in [0.2, 0.25) is 15.1 Å². The average molecular weight is 503 g/mol. The molecule has 144 valence electrons. The number of hydrogen-bond acceptors (Lipinski definition) is 0. The van der Waals surface area contributed by atoms with Crippen molar-refractivity contribution in [2.75, 3.05) is 0 Å². The fourth-order valence-corrected chi connectivity index (χ4v) is 4.44. The molecule has 4 heteroatoms. The van der Waals surface area contributed by atoms with Crippen molar-refractivity contribution in [3.8, 4) is 0 Å². The lowest BCUT2D eigenvalue weighted by Gasteiger charge is -2.37. The summed E-state index contributed by atoms with van der Waals surface area (Å²) in [6.45, 7) is 0. The molecule has 0 saturated heterocycles. The summed E-state index contributed by atoms with van der Waals surface area (Å²) in [5, 5.41) is 2.10. The zero-order valence-electron chi connectivity index (χ0n) is 15.2. The van der Waals surface area contributed by atoms with Crippen molar-refractivity contribution in [2.45, 2.75) is 5.41 Å². The largest absolute Gasteiger partial charge is 0.0843 e. The van der Waals surface area contributed by atoms with Gasteiger partial charge in [0, 0.05) is 19.5 Å². The lowest BCUT2D eigenvalue weighted by atomic mass is 9.65. The van der Waals surface area contributed by atoms with E-state index < -0.39 is 5.41 Å². The highest BCUT2D eigenvalue weighted by Crippen LogP contribution is 2.46. The molecular weight excluding hydrogens is 487 g/mol. The van der Waals surface area contributed by atoms with Gasteiger partial charge in [-0.3, -0.25) is 0 Å². The number of rotatable bonds is 4. The first-order valence-corrected chi connectivity index (χ1v) is 11.0. The first-order chi connectivity index (χ1) is 14.0. The number of halogens is 4. The zero-order chi connectivity index (χ0) is 20.4. The normalized spacial score (nSPS) is 11.4. The van der Waals surface area contributed by atoms with E-state index in [-0.39, 0.29) is 0 Å². The van der Waals surface area contributed by atoms with Gasteiger partial charge in [0.2, 0.25) is 0 Å². The number of benzene rings is 4. The van der Waals surface area contributed by atoms with Crippen LogP contribution in [0.4, 0.5) is 0 Å². The fraction of sp³-hybridized carbons (Fsp3) is 0.0400. The molecule has 4 aromatic rings. The van der Waals surface area contributed by atoms with Gasteiger partial charge in [0.15, 0.2) is 0 Å². The van der Waals surface area contributed by atoms with Gasteiger partial charge in [0.25, 0.3) is 0 Å². The summed E-state index contributed by atoms with van der Waals surface area (Å²) in [5.74, 6) is 0. The molecule has 0 N–H and O–H groups in total. The van der Waals surface area contributed by atoms with Gasteiger partial charge < -0.3 is 0 Å². The summed E-state index contributed by atoms with van der Waals surface area (Å²) in [7, 11) is 0. The predicted molar refractivity (Wildman–Crippen MR) is 127 cm³/mol. The van der Waals surface area contributed by atoms with Crippen molar-refractivity contribution in [3.05, 3.63) is 139 Å². The van der Waals surface area contributed by atoms with E-state index in [1.165, 1.54) is 0 Å². The van der Waals surface area contributed by atoms with Gasteiger partial charge in [-0.25, -0.2) is 0 Å². The SMILES string of the molecule is Clc1ccc(C(c2ccc(Cl)cc2)(c2ccc(Cl)cc2)c2ccc(Br)cc2)cc1. The third-order valence-corrected chi connectivity index (χ3v) is 6.39. The van der Waals surface area contributed by atoms with Crippen LogP contribution < -0.4 is 0 Å². The van der Waals surface area contributed by atoms with Gasteiger partial charge in [-0.05, 0) is 70.8 Å². The zero-order valence-corrected chi connectivity index (χ0v) is 19.1. The van der Waals surface area contributed by atoms with Crippen molar-refractivity contribution in [2.24, 2.45) is 0 Å². The van der Waals surface area contributed by atoms with Crippen molar-refractivity contribution < 1.29 is 0 Å². The minimum Gasteiger partial charge on any atom is -0.0843 e. The minimum atomic E-state index is -0.555. The molecule has 29 heavy (non-hydrogen) atoms. The van der Waals surface area contributed by atoms with E-state index in [1.807, 2.05) is 36.4 Å². The smallest absolute Gasteiger partial charge is 0.0701 e. The second-order valence-electron chi connectivity index (χ2n) is 6.78. The van der Waals surface area contributed by atoms with E-state index in [4.69, 9.17) is 34.8 Å². The molecule has 0 atom stereocenters. The van der Waals surface area contributed by atoms with Crippen LogP contribution in [0, 0.1) is 0 Å². The monoisotopic (exact) mass is 500 g/mol. The van der Waals surface area contributed by atoms with Crippen LogP contribution in [-0.4, -0.2) is 0 Å². The first kappa shape index (κ1) is 20.5. The Labute approximate surface area is 194 Å². The maximum absolute atomic E-state index is 6.22. The Hall–Kier alpha value is -1.77. The van der Waals surface area contributed by atoms with Crippen molar-refractivity contribution in [3.63, 3.8) is 0 Å². The lowest BCUT2D eigenvalue weighted by molar-refractivity contribution is 0.745. The van der Waals surface area contributed by atoms with Crippen LogP contribution in [0.15, 0.2) is 102 Å². The Morgan fingerprint density at radius 3 is 0.931 bits per heavy atom. The van der Waals surface area contributed by atoms with Crippen LogP contribution in [0.3, 0.4) is 0 Å². The molecule has 0 aromatic heterocycles. The lowest BCUT2D eigenvalue weighted by Crippen LogP contribution is -2.31. The van der Waals surface area contributed by atoms with E-state index in [2.05, 4.69) is 76.6 Å². The Morgan fingerprint density at radius 1 is 0.414 bits per heavy atom. The van der Waals surface area contributed by atoms with E-state index in [9.17, 15) is 0 Å². The second kappa shape index (κ2) is 8.53. The fourth-order valence-electron chi connectivity index (χ4n) is 3.80. The van der Waals surface area contributed by atoms with Crippen LogP contribution in [0.1, 0.15) is 22.3 Å². The third kappa shape index (κ3) is 3.98. The van der Waals surface area contributed by atoms with Crippen LogP contribution in [0.25, 0.3) is 0 Å². The average Bonchev–Trinajstić information content (AvgIpc) is 2.73. The van der Waals surface area contributed by atoms with Gasteiger partial charge in [0.05, 0.1) is 5.41 Å². The molecule has 0 aliphatic rings. The van der Waals surface area contributed by atoms with Crippen LogP contribution in [0.5, 0.6) is 0 Å². The van der Waals surface area contributed by atoms with Gasteiger partial charge in [-0.15, -0.1) is 0 Å². The molecule has 4 aromatic carbocycles. The molecule has 0 radical (unpaired) electrons. The standard InChI is InChI=1S/C25H16BrCl3/c26-21-9-1-17(2-10-21)25(18-3-11-22(27)12-4-18,19-5-13-23(28)14-6-19)20-7-15-24(29)16-8-20/h1-16H. The third-order valence-electron chi connectivity index (χ3n) is 5.11. The Morgan fingerprint density at radius 2 is 0.655 bits per heavy atom. The highest BCUT2D eigenvalue weighted by Gasteiger charge is 2.38. The number of hydrogen-bond donors (Lipinski definition) is 0. The van der Waals surface area contributed by atoms with Gasteiger partial charge in [-0.1, -0.05) is 99.3 Å². The molecule has 4 rings (SSSR count). The summed E-state index contributed by atoms with van der Waals surface area (Å²) >= 11 is 22.2. The quantitative estimate of drug-likeness (QED) is 0.245. The summed E-state index contributed by atoms with van der Waals surface area (Å²) in [4.78, 5) is 0. The molecule has 0 saturated carbocycles. The summed E-state index contributed by atoms with van der Waals surface area (Å²) in [5.41, 5.74) is 3.89. The second-order valence-corrected chi connectivity index (χ2v) is 9.00. The Balaban J connectivity index is 2.11. The van der Waals surface area contributed by atoms with E-state index in [0.29, 0.717) is 15.1 Å². The predicted octanol–water partition coefficient (Wildman–Crippen LogP) is 8.79. The highest BCUT2D eigenvalue weighted by molar-refractivity contribution is 9.10. The van der Waals surface area contributed by atoms with Crippen LogP contribution >= 0.6 is 50.7 Å². The van der Waals surface area contributed by atoms with Crippen LogP contribution in [-0.2, 0) is 5.41 Å². The molecular formula is C25H16BrCl3. The summed E-state index contributed by atoms with van der Waals surface area (Å²) < 4.78 is 1.03. The summed E-state index contributed by atoms with van der Waals surface area (Å²) in [6, 6.07) is 32.4. The Kier molecular flexibility index (Phi) is 6.03. The maximum Gasteiger partial charge on any atom is 0.0701 e. The molecule has 0 aliphatic heterocycles. The Bertz CT molecular complexity index is 913. The van der Waals surface area contributed by atoms with Gasteiger partial charge >= 0.3 is 0 Å². The molecule has 0 aliphatic carbocycles. The van der Waals surface area contributed by atoms with Crippen molar-refractivity contribution >= 4 is 50.7 Å². The van der Waals surface area contributed by atoms with E-state index >= 15 is 0 Å². The first-order valence-electron chi connectivity index (χ1n) is 9.04. The topological polar surface area (TPSA) is 0 Å². The summed E-state index contributed by atoms with van der Waals surface area (Å²) in [6.07, 6.45) is 0. The maximum atomic E-state index is 6.22. The highest BCUT2D eigenvalue weighted by atomic mass is 79.9. The molecule has 0 heterocycles. The molecule has 0 unspecified atom stereocenters. The molecule has 0 amide bonds. The molecule has 0 bridgehead atoms. The molecule has 0 fully saturated rings. The van der Waals surface area contributed by atoms with Crippen molar-refractivity contribution in [1.82, 2.24) is 0 Å². The van der Waals surface area contributed by atoms with Gasteiger partial charge in [0.1, 0.15) is 0 Å². The minimum absolute atomic E-state index is 0.555. The van der Waals surface area contributed by atoms with E-state index in [1.54, 1.807) is 0 Å². The van der Waals surface area contributed by atoms with Crippen molar-refractivity contribution in [1.29, 1.82) is 0 Å². The molecule has 0 nitrogen and oxygen atoms in total. The molecule has 0 spiro atoms. The van der Waals surface area contributed by atoms with Gasteiger partial charge in [-0.2, -0.15) is 0 Å². The van der Waals surface area contributed by atoms with E-state index in [0.717, 1.165) is 26.7 Å².